The highest BCUT2D eigenvalue weighted by Gasteiger charge is 2.41. The molecular weight excluding hydrogens is 212 g/mol. The van der Waals surface area contributed by atoms with Gasteiger partial charge in [0.15, 0.2) is 0 Å². The molecule has 0 radical (unpaired) electrons. The lowest BCUT2D eigenvalue weighted by Crippen LogP contribution is -2.71. The molecule has 1 rings (SSSR count). The lowest BCUT2D eigenvalue weighted by atomic mass is 10.4. The Morgan fingerprint density at radius 2 is 1.75 bits per heavy atom. The third-order valence-corrected chi connectivity index (χ3v) is 8.39. The van der Waals surface area contributed by atoms with Crippen molar-refractivity contribution in [2.75, 3.05) is 20.6 Å². The molecule has 0 aromatic heterocycles. The first-order valence-electron chi connectivity index (χ1n) is 6.03. The predicted octanol–water partition coefficient (Wildman–Crippen LogP) is 1.92. The second-order valence-electron chi connectivity index (χ2n) is 4.71. The normalized spacial score (nSPS) is 15.4. The first-order valence-corrected chi connectivity index (χ1v) is 8.06. The minimum absolute atomic E-state index is 0.643. The quantitative estimate of drug-likeness (QED) is 0.786. The van der Waals surface area contributed by atoms with Crippen molar-refractivity contribution in [1.82, 2.24) is 9.55 Å². The van der Waals surface area contributed by atoms with Gasteiger partial charge >= 0.3 is 0 Å². The topological polar surface area (TPSA) is 15.3 Å². The predicted molar refractivity (Wildman–Crippen MR) is 74.3 cm³/mol. The van der Waals surface area contributed by atoms with Crippen LogP contribution < -0.4 is 10.2 Å². The summed E-state index contributed by atoms with van der Waals surface area (Å²) in [5.74, 6) is 0. The van der Waals surface area contributed by atoms with E-state index in [9.17, 15) is 0 Å². The largest absolute Gasteiger partial charge is 0.322 e. The number of rotatable bonds is 5. The monoisotopic (exact) mass is 236 g/mol. The molecular formula is C13H24N2Si. The maximum absolute atomic E-state index is 3.78. The Bertz CT molecular complexity index is 301. The van der Waals surface area contributed by atoms with Gasteiger partial charge in [0.05, 0.1) is 0 Å². The van der Waals surface area contributed by atoms with Gasteiger partial charge in [0.25, 0.3) is 0 Å². The van der Waals surface area contributed by atoms with Crippen LogP contribution in [-0.2, 0) is 0 Å². The van der Waals surface area contributed by atoms with E-state index >= 15 is 0 Å². The van der Waals surface area contributed by atoms with Crippen LogP contribution in [0.4, 0.5) is 0 Å². The summed E-state index contributed by atoms with van der Waals surface area (Å²) < 4.78 is 2.41. The Morgan fingerprint density at radius 3 is 2.12 bits per heavy atom. The van der Waals surface area contributed by atoms with Crippen LogP contribution in [-0.4, -0.2) is 33.6 Å². The molecule has 0 spiro atoms. The van der Waals surface area contributed by atoms with Crippen LogP contribution in [0.5, 0.6) is 0 Å². The van der Waals surface area contributed by atoms with E-state index in [0.717, 1.165) is 6.54 Å². The van der Waals surface area contributed by atoms with Crippen LogP contribution in [0.2, 0.25) is 5.54 Å². The van der Waals surface area contributed by atoms with Crippen molar-refractivity contribution < 1.29 is 0 Å². The van der Waals surface area contributed by atoms with Gasteiger partial charge in [-0.05, 0) is 31.4 Å². The zero-order chi connectivity index (χ0) is 12.2. The van der Waals surface area contributed by atoms with Crippen LogP contribution in [0.3, 0.4) is 0 Å². The SMILES string of the molecule is CCN[Si](c1ccccc1)(C(C)C)N(C)C. The average Bonchev–Trinajstić information content (AvgIpc) is 2.26. The van der Waals surface area contributed by atoms with E-state index in [1.54, 1.807) is 0 Å². The molecule has 3 heteroatoms. The Hall–Kier alpha value is -0.643. The van der Waals surface area contributed by atoms with Gasteiger partial charge in [-0.15, -0.1) is 0 Å². The van der Waals surface area contributed by atoms with Crippen LogP contribution in [0.15, 0.2) is 30.3 Å². The van der Waals surface area contributed by atoms with Gasteiger partial charge in [0, 0.05) is 0 Å². The van der Waals surface area contributed by atoms with Crippen molar-refractivity contribution in [3.8, 4) is 0 Å². The van der Waals surface area contributed by atoms with Gasteiger partial charge in [-0.3, -0.25) is 0 Å². The van der Waals surface area contributed by atoms with E-state index in [-0.39, 0.29) is 0 Å². The summed E-state index contributed by atoms with van der Waals surface area (Å²) in [5, 5.41) is 1.47. The second-order valence-corrected chi connectivity index (χ2v) is 9.22. The molecule has 0 fully saturated rings. The molecule has 0 aliphatic heterocycles. The fourth-order valence-electron chi connectivity index (χ4n) is 2.53. The van der Waals surface area contributed by atoms with Crippen molar-refractivity contribution in [2.45, 2.75) is 26.3 Å². The molecule has 1 unspecified atom stereocenters. The van der Waals surface area contributed by atoms with Crippen LogP contribution >= 0.6 is 0 Å². The first-order chi connectivity index (χ1) is 7.55. The van der Waals surface area contributed by atoms with E-state index in [1.165, 1.54) is 5.19 Å². The number of nitrogens with one attached hydrogen (secondary N) is 1. The van der Waals surface area contributed by atoms with Crippen LogP contribution in [0.1, 0.15) is 20.8 Å². The summed E-state index contributed by atoms with van der Waals surface area (Å²) in [5.41, 5.74) is 0.643. The molecule has 1 N–H and O–H groups in total. The zero-order valence-electron chi connectivity index (χ0n) is 11.1. The summed E-state index contributed by atoms with van der Waals surface area (Å²) in [6, 6.07) is 10.9. The van der Waals surface area contributed by atoms with Gasteiger partial charge < -0.3 is 9.55 Å². The molecule has 2 nitrogen and oxygen atoms in total. The molecule has 0 aliphatic rings. The smallest absolute Gasteiger partial charge is 0.239 e. The van der Waals surface area contributed by atoms with E-state index in [0.29, 0.717) is 5.54 Å². The fourth-order valence-corrected chi connectivity index (χ4v) is 6.92. The fraction of sp³-hybridized carbons (Fsp3) is 0.538. The highest BCUT2D eigenvalue weighted by Crippen LogP contribution is 2.19. The van der Waals surface area contributed by atoms with E-state index < -0.39 is 8.40 Å². The summed E-state index contributed by atoms with van der Waals surface area (Å²) in [6.07, 6.45) is 0. The average molecular weight is 236 g/mol. The summed E-state index contributed by atoms with van der Waals surface area (Å²) in [6.45, 7) is 7.86. The molecule has 0 bridgehead atoms. The van der Waals surface area contributed by atoms with Gasteiger partial charge in [-0.25, -0.2) is 0 Å². The van der Waals surface area contributed by atoms with Gasteiger partial charge in [-0.2, -0.15) is 0 Å². The minimum Gasteiger partial charge on any atom is -0.322 e. The van der Waals surface area contributed by atoms with E-state index in [1.807, 2.05) is 0 Å². The molecule has 0 heterocycles. The molecule has 0 saturated carbocycles. The highest BCUT2D eigenvalue weighted by atomic mass is 28.3. The standard InChI is InChI=1S/C13H24N2Si/c1-6-14-16(12(2)3,15(4)5)13-10-8-7-9-11-13/h7-12,14H,6H2,1-5H3. The van der Waals surface area contributed by atoms with Gasteiger partial charge in [0.1, 0.15) is 0 Å². The Balaban J connectivity index is 3.21. The van der Waals surface area contributed by atoms with Gasteiger partial charge in [0.2, 0.25) is 8.40 Å². The van der Waals surface area contributed by atoms with Crippen molar-refractivity contribution in [2.24, 2.45) is 0 Å². The highest BCUT2D eigenvalue weighted by molar-refractivity contribution is 6.88. The number of benzene rings is 1. The number of hydrogen-bond donors (Lipinski definition) is 1. The summed E-state index contributed by atoms with van der Waals surface area (Å²) >= 11 is 0. The third kappa shape index (κ3) is 2.37. The van der Waals surface area contributed by atoms with E-state index in [2.05, 4.69) is 74.7 Å². The minimum atomic E-state index is -1.74. The maximum Gasteiger partial charge on any atom is 0.239 e. The van der Waals surface area contributed by atoms with Crippen molar-refractivity contribution in [3.63, 3.8) is 0 Å². The zero-order valence-corrected chi connectivity index (χ0v) is 12.1. The lowest BCUT2D eigenvalue weighted by molar-refractivity contribution is 0.577. The molecule has 0 aliphatic carbocycles. The number of nitrogens with zero attached hydrogens (tertiary/aromatic N) is 1. The second kappa shape index (κ2) is 5.62. The van der Waals surface area contributed by atoms with Crippen molar-refractivity contribution in [3.05, 3.63) is 30.3 Å². The third-order valence-electron chi connectivity index (χ3n) is 3.20. The first kappa shape index (κ1) is 13.4. The summed E-state index contributed by atoms with van der Waals surface area (Å²) in [7, 11) is 2.65. The molecule has 0 amide bonds. The lowest BCUT2D eigenvalue weighted by Gasteiger charge is -2.41. The van der Waals surface area contributed by atoms with Crippen molar-refractivity contribution >= 4 is 13.6 Å². The Morgan fingerprint density at radius 1 is 1.19 bits per heavy atom. The van der Waals surface area contributed by atoms with Crippen LogP contribution in [0.25, 0.3) is 0 Å². The molecule has 16 heavy (non-hydrogen) atoms. The Kier molecular flexibility index (Phi) is 4.71. The molecule has 1 aromatic carbocycles. The molecule has 0 saturated heterocycles. The maximum atomic E-state index is 3.78. The van der Waals surface area contributed by atoms with Gasteiger partial charge in [-0.1, -0.05) is 51.1 Å². The Labute approximate surface area is 101 Å². The molecule has 90 valence electrons. The van der Waals surface area contributed by atoms with E-state index in [4.69, 9.17) is 0 Å². The summed E-state index contributed by atoms with van der Waals surface area (Å²) in [4.78, 5) is 3.78. The number of hydrogen-bond acceptors (Lipinski definition) is 2. The molecule has 1 aromatic rings. The van der Waals surface area contributed by atoms with Crippen molar-refractivity contribution in [1.29, 1.82) is 0 Å². The van der Waals surface area contributed by atoms with Crippen LogP contribution in [0, 0.1) is 0 Å². The molecule has 1 atom stereocenters.